The summed E-state index contributed by atoms with van der Waals surface area (Å²) < 4.78 is 5.47. The summed E-state index contributed by atoms with van der Waals surface area (Å²) >= 11 is 1.51. The van der Waals surface area contributed by atoms with Crippen LogP contribution >= 0.6 is 11.3 Å². The van der Waals surface area contributed by atoms with Crippen molar-refractivity contribution < 1.29 is 9.21 Å². The third-order valence-electron chi connectivity index (χ3n) is 2.46. The Hall–Kier alpha value is -1.66. The van der Waals surface area contributed by atoms with Crippen LogP contribution in [0.15, 0.2) is 22.1 Å². The molecule has 0 saturated heterocycles. The zero-order valence-corrected chi connectivity index (χ0v) is 10.9. The van der Waals surface area contributed by atoms with Crippen LogP contribution in [0, 0.1) is 0 Å². The van der Waals surface area contributed by atoms with Crippen molar-refractivity contribution in [2.24, 2.45) is 5.73 Å². The number of oxazole rings is 1. The van der Waals surface area contributed by atoms with Gasteiger partial charge in [0.05, 0.1) is 18.3 Å². The molecular formula is C12H15N3O2S. The van der Waals surface area contributed by atoms with Gasteiger partial charge < -0.3 is 15.5 Å². The minimum absolute atomic E-state index is 0.391. The molecule has 2 rings (SSSR count). The second-order valence-electron chi connectivity index (χ2n) is 3.84. The van der Waals surface area contributed by atoms with Gasteiger partial charge in [0.1, 0.15) is 5.76 Å². The molecule has 0 aliphatic rings. The lowest BCUT2D eigenvalue weighted by Crippen LogP contribution is -2.12. The van der Waals surface area contributed by atoms with Crippen LogP contribution in [0.5, 0.6) is 0 Å². The topological polar surface area (TPSA) is 81.1 Å². The van der Waals surface area contributed by atoms with Crippen LogP contribution < -0.4 is 11.1 Å². The van der Waals surface area contributed by atoms with Crippen molar-refractivity contribution in [1.82, 2.24) is 10.3 Å². The zero-order chi connectivity index (χ0) is 13.0. The van der Waals surface area contributed by atoms with E-state index >= 15 is 0 Å². The first-order chi connectivity index (χ1) is 8.69. The average Bonchev–Trinajstić information content (AvgIpc) is 2.97. The van der Waals surface area contributed by atoms with Crippen molar-refractivity contribution in [1.29, 1.82) is 0 Å². The molecule has 2 aromatic heterocycles. The summed E-state index contributed by atoms with van der Waals surface area (Å²) in [5.74, 6) is 1.18. The molecular weight excluding hydrogens is 250 g/mol. The molecule has 2 aromatic rings. The summed E-state index contributed by atoms with van der Waals surface area (Å²) in [5.41, 5.74) is 5.74. The van der Waals surface area contributed by atoms with Crippen LogP contribution in [0.3, 0.4) is 0 Å². The Balaban J connectivity index is 1.82. The highest BCUT2D eigenvalue weighted by Crippen LogP contribution is 2.14. The Morgan fingerprint density at radius 2 is 2.39 bits per heavy atom. The molecule has 0 aliphatic heterocycles. The molecule has 0 spiro atoms. The number of nitrogens with two attached hydrogens (primary N) is 1. The number of primary amides is 1. The second kappa shape index (κ2) is 5.79. The van der Waals surface area contributed by atoms with E-state index in [2.05, 4.69) is 10.3 Å². The molecule has 0 radical (unpaired) electrons. The van der Waals surface area contributed by atoms with Gasteiger partial charge in [0, 0.05) is 23.2 Å². The van der Waals surface area contributed by atoms with E-state index in [0.717, 1.165) is 17.1 Å². The summed E-state index contributed by atoms with van der Waals surface area (Å²) in [6, 6.07) is 1.80. The highest BCUT2D eigenvalue weighted by atomic mass is 32.1. The predicted molar refractivity (Wildman–Crippen MR) is 69.3 cm³/mol. The van der Waals surface area contributed by atoms with Crippen LogP contribution in [-0.4, -0.2) is 10.9 Å². The van der Waals surface area contributed by atoms with Crippen molar-refractivity contribution in [3.05, 3.63) is 39.7 Å². The highest BCUT2D eigenvalue weighted by Gasteiger charge is 2.05. The van der Waals surface area contributed by atoms with E-state index in [9.17, 15) is 4.79 Å². The van der Waals surface area contributed by atoms with Crippen molar-refractivity contribution in [3.63, 3.8) is 0 Å². The second-order valence-corrected chi connectivity index (χ2v) is 4.84. The third kappa shape index (κ3) is 3.18. The van der Waals surface area contributed by atoms with Crippen molar-refractivity contribution in [2.45, 2.75) is 26.4 Å². The fraction of sp³-hybridized carbons (Fsp3) is 0.333. The highest BCUT2D eigenvalue weighted by molar-refractivity contribution is 7.10. The van der Waals surface area contributed by atoms with E-state index in [-0.39, 0.29) is 0 Å². The maximum absolute atomic E-state index is 10.9. The predicted octanol–water partition coefficient (Wildman–Crippen LogP) is 1.69. The van der Waals surface area contributed by atoms with Crippen LogP contribution in [0.4, 0.5) is 0 Å². The number of rotatable bonds is 6. The number of aromatic nitrogens is 1. The minimum Gasteiger partial charge on any atom is -0.444 e. The monoisotopic (exact) mass is 265 g/mol. The van der Waals surface area contributed by atoms with Crippen molar-refractivity contribution >= 4 is 17.2 Å². The fourth-order valence-electron chi connectivity index (χ4n) is 1.49. The molecule has 0 aliphatic carbocycles. The molecule has 0 atom stereocenters. The van der Waals surface area contributed by atoms with Gasteiger partial charge in [-0.2, -0.15) is 0 Å². The standard InChI is InChI=1S/C12H15N3O2S/c1-2-9-4-15-11(17-9)6-14-5-10-3-8(7-18-10)12(13)16/h3-4,7,14H,2,5-6H2,1H3,(H2,13,16). The summed E-state index contributed by atoms with van der Waals surface area (Å²) in [6.07, 6.45) is 2.59. The summed E-state index contributed by atoms with van der Waals surface area (Å²) in [5, 5.41) is 4.97. The van der Waals surface area contributed by atoms with Gasteiger partial charge in [-0.3, -0.25) is 4.79 Å². The maximum atomic E-state index is 10.9. The number of amides is 1. The van der Waals surface area contributed by atoms with E-state index in [1.54, 1.807) is 17.6 Å². The molecule has 2 heterocycles. The van der Waals surface area contributed by atoms with Crippen LogP contribution in [-0.2, 0) is 19.5 Å². The fourth-order valence-corrected chi connectivity index (χ4v) is 2.33. The summed E-state index contributed by atoms with van der Waals surface area (Å²) in [4.78, 5) is 16.1. The Morgan fingerprint density at radius 1 is 1.56 bits per heavy atom. The maximum Gasteiger partial charge on any atom is 0.249 e. The van der Waals surface area contributed by atoms with Gasteiger partial charge in [-0.05, 0) is 6.07 Å². The number of carbonyl (C=O) groups is 1. The normalized spacial score (nSPS) is 10.7. The molecule has 3 N–H and O–H groups in total. The number of hydrogen-bond acceptors (Lipinski definition) is 5. The molecule has 5 nitrogen and oxygen atoms in total. The first kappa shape index (κ1) is 12.8. The van der Waals surface area contributed by atoms with Crippen LogP contribution in [0.2, 0.25) is 0 Å². The molecule has 6 heteroatoms. The lowest BCUT2D eigenvalue weighted by atomic mass is 10.3. The number of carbonyl (C=O) groups excluding carboxylic acids is 1. The number of aryl methyl sites for hydroxylation is 1. The van der Waals surface area contributed by atoms with Gasteiger partial charge in [0.25, 0.3) is 0 Å². The Kier molecular flexibility index (Phi) is 4.11. The van der Waals surface area contributed by atoms with Crippen molar-refractivity contribution in [3.8, 4) is 0 Å². The first-order valence-electron chi connectivity index (χ1n) is 5.70. The third-order valence-corrected chi connectivity index (χ3v) is 3.40. The Morgan fingerprint density at radius 3 is 3.00 bits per heavy atom. The van der Waals surface area contributed by atoms with Crippen molar-refractivity contribution in [2.75, 3.05) is 0 Å². The molecule has 0 fully saturated rings. The minimum atomic E-state index is -0.391. The number of nitrogens with one attached hydrogen (secondary N) is 1. The van der Waals surface area contributed by atoms with Crippen LogP contribution in [0.1, 0.15) is 33.8 Å². The lowest BCUT2D eigenvalue weighted by molar-refractivity contribution is 0.100. The SMILES string of the molecule is CCc1cnc(CNCc2cc(C(N)=O)cs2)o1. The van der Waals surface area contributed by atoms with E-state index in [4.69, 9.17) is 10.2 Å². The smallest absolute Gasteiger partial charge is 0.249 e. The molecule has 1 amide bonds. The molecule has 0 aromatic carbocycles. The van der Waals surface area contributed by atoms with Gasteiger partial charge in [0.2, 0.25) is 11.8 Å². The molecule has 0 unspecified atom stereocenters. The number of thiophene rings is 1. The van der Waals surface area contributed by atoms with Gasteiger partial charge in [0.15, 0.2) is 0 Å². The van der Waals surface area contributed by atoms with E-state index in [1.165, 1.54) is 11.3 Å². The van der Waals surface area contributed by atoms with E-state index in [0.29, 0.717) is 24.5 Å². The molecule has 0 bridgehead atoms. The molecule has 96 valence electrons. The van der Waals surface area contributed by atoms with Gasteiger partial charge in [-0.25, -0.2) is 4.98 Å². The van der Waals surface area contributed by atoms with E-state index in [1.807, 2.05) is 6.92 Å². The largest absolute Gasteiger partial charge is 0.444 e. The van der Waals surface area contributed by atoms with E-state index < -0.39 is 5.91 Å². The van der Waals surface area contributed by atoms with Gasteiger partial charge in [-0.1, -0.05) is 6.92 Å². The Bertz CT molecular complexity index is 533. The average molecular weight is 265 g/mol. The summed E-state index contributed by atoms with van der Waals surface area (Å²) in [6.45, 7) is 3.26. The number of hydrogen-bond donors (Lipinski definition) is 2. The summed E-state index contributed by atoms with van der Waals surface area (Å²) in [7, 11) is 0. The Labute approximate surface area is 109 Å². The van der Waals surface area contributed by atoms with Gasteiger partial charge in [-0.15, -0.1) is 11.3 Å². The van der Waals surface area contributed by atoms with Gasteiger partial charge >= 0.3 is 0 Å². The van der Waals surface area contributed by atoms with Crippen LogP contribution in [0.25, 0.3) is 0 Å². The number of nitrogens with zero attached hydrogens (tertiary/aromatic N) is 1. The quantitative estimate of drug-likeness (QED) is 0.832. The first-order valence-corrected chi connectivity index (χ1v) is 6.58. The zero-order valence-electron chi connectivity index (χ0n) is 10.1. The lowest BCUT2D eigenvalue weighted by Gasteiger charge is -1.98. The molecule has 0 saturated carbocycles. The molecule has 18 heavy (non-hydrogen) atoms.